The van der Waals surface area contributed by atoms with Crippen LogP contribution < -0.4 is 0 Å². The number of carbonyl (C=O) groups is 1. The Morgan fingerprint density at radius 3 is 2.58 bits per heavy atom. The van der Waals surface area contributed by atoms with E-state index in [0.29, 0.717) is 12.5 Å². The standard InChI is InChI=1S/C20H22FNO2/c1-15-11-12-22(19(13-15)17-7-9-18(21)10-8-17)20(23)24-14-16-5-3-2-4-6-16/h2-10,15,19H,11-14H2,1H3/t15-,19+/m0/s1. The molecule has 3 nitrogen and oxygen atoms in total. The first-order valence-electron chi connectivity index (χ1n) is 8.36. The van der Waals surface area contributed by atoms with Crippen molar-refractivity contribution in [2.24, 2.45) is 5.92 Å². The summed E-state index contributed by atoms with van der Waals surface area (Å²) in [6, 6.07) is 16.0. The molecule has 2 atom stereocenters. The highest BCUT2D eigenvalue weighted by Gasteiger charge is 2.32. The minimum absolute atomic E-state index is 0.0578. The predicted octanol–water partition coefficient (Wildman–Crippen LogP) is 4.94. The van der Waals surface area contributed by atoms with Crippen LogP contribution >= 0.6 is 0 Å². The number of hydrogen-bond acceptors (Lipinski definition) is 2. The second-order valence-corrected chi connectivity index (χ2v) is 6.43. The normalized spacial score (nSPS) is 20.7. The number of ether oxygens (including phenoxy) is 1. The molecule has 1 aliphatic heterocycles. The van der Waals surface area contributed by atoms with E-state index < -0.39 is 0 Å². The third-order valence-electron chi connectivity index (χ3n) is 4.56. The number of piperidine rings is 1. The molecule has 126 valence electrons. The molecule has 1 saturated heterocycles. The van der Waals surface area contributed by atoms with Crippen molar-refractivity contribution in [3.05, 3.63) is 71.5 Å². The Morgan fingerprint density at radius 1 is 1.17 bits per heavy atom. The zero-order valence-electron chi connectivity index (χ0n) is 13.8. The topological polar surface area (TPSA) is 29.5 Å². The van der Waals surface area contributed by atoms with Gasteiger partial charge in [0.2, 0.25) is 0 Å². The summed E-state index contributed by atoms with van der Waals surface area (Å²) in [7, 11) is 0. The molecular weight excluding hydrogens is 305 g/mol. The monoisotopic (exact) mass is 327 g/mol. The summed E-state index contributed by atoms with van der Waals surface area (Å²) in [6.07, 6.45) is 1.52. The number of rotatable bonds is 3. The minimum atomic E-state index is -0.305. The van der Waals surface area contributed by atoms with Gasteiger partial charge < -0.3 is 9.64 Å². The second kappa shape index (κ2) is 7.47. The lowest BCUT2D eigenvalue weighted by Gasteiger charge is -2.38. The molecule has 4 heteroatoms. The Labute approximate surface area is 142 Å². The summed E-state index contributed by atoms with van der Waals surface area (Å²) < 4.78 is 18.7. The molecule has 0 aromatic heterocycles. The first kappa shape index (κ1) is 16.5. The SMILES string of the molecule is C[C@H]1CCN(C(=O)OCc2ccccc2)[C@@H](c2ccc(F)cc2)C1. The van der Waals surface area contributed by atoms with E-state index in [1.54, 1.807) is 17.0 Å². The van der Waals surface area contributed by atoms with Crippen LogP contribution in [0.1, 0.15) is 36.9 Å². The lowest BCUT2D eigenvalue weighted by atomic mass is 9.88. The summed E-state index contributed by atoms with van der Waals surface area (Å²) in [5.74, 6) is 0.263. The molecule has 24 heavy (non-hydrogen) atoms. The maximum absolute atomic E-state index is 13.2. The maximum atomic E-state index is 13.2. The van der Waals surface area contributed by atoms with Gasteiger partial charge in [0, 0.05) is 6.54 Å². The van der Waals surface area contributed by atoms with Crippen molar-refractivity contribution in [1.29, 1.82) is 0 Å². The van der Waals surface area contributed by atoms with Crippen LogP contribution in [0.2, 0.25) is 0 Å². The summed E-state index contributed by atoms with van der Waals surface area (Å²) >= 11 is 0. The second-order valence-electron chi connectivity index (χ2n) is 6.43. The highest BCUT2D eigenvalue weighted by atomic mass is 19.1. The quantitative estimate of drug-likeness (QED) is 0.799. The molecule has 0 unspecified atom stereocenters. The fourth-order valence-corrected chi connectivity index (χ4v) is 3.16. The smallest absolute Gasteiger partial charge is 0.410 e. The van der Waals surface area contributed by atoms with Crippen LogP contribution in [-0.4, -0.2) is 17.5 Å². The number of hydrogen-bond donors (Lipinski definition) is 0. The van der Waals surface area contributed by atoms with Crippen LogP contribution in [0.25, 0.3) is 0 Å². The highest BCUT2D eigenvalue weighted by molar-refractivity contribution is 5.68. The Hall–Kier alpha value is -2.36. The molecule has 0 radical (unpaired) electrons. The van der Waals surface area contributed by atoms with Crippen molar-refractivity contribution in [3.8, 4) is 0 Å². The van der Waals surface area contributed by atoms with E-state index >= 15 is 0 Å². The first-order valence-corrected chi connectivity index (χ1v) is 8.36. The summed E-state index contributed by atoms with van der Waals surface area (Å²) in [5.41, 5.74) is 1.93. The van der Waals surface area contributed by atoms with Crippen molar-refractivity contribution in [3.63, 3.8) is 0 Å². The molecule has 0 saturated carbocycles. The van der Waals surface area contributed by atoms with E-state index in [1.165, 1.54) is 12.1 Å². The molecular formula is C20H22FNO2. The number of nitrogens with zero attached hydrogens (tertiary/aromatic N) is 1. The van der Waals surface area contributed by atoms with Gasteiger partial charge in [-0.2, -0.15) is 0 Å². The molecule has 0 N–H and O–H groups in total. The van der Waals surface area contributed by atoms with Crippen molar-refractivity contribution in [2.75, 3.05) is 6.54 Å². The van der Waals surface area contributed by atoms with Crippen LogP contribution in [-0.2, 0) is 11.3 Å². The number of amides is 1. The molecule has 0 bridgehead atoms. The molecule has 1 fully saturated rings. The lowest BCUT2D eigenvalue weighted by molar-refractivity contribution is 0.0587. The van der Waals surface area contributed by atoms with Gasteiger partial charge in [0.05, 0.1) is 6.04 Å². The van der Waals surface area contributed by atoms with Gasteiger partial charge in [0.1, 0.15) is 12.4 Å². The summed E-state index contributed by atoms with van der Waals surface area (Å²) in [5, 5.41) is 0. The zero-order valence-corrected chi connectivity index (χ0v) is 13.8. The summed E-state index contributed by atoms with van der Waals surface area (Å²) in [4.78, 5) is 14.3. The molecule has 2 aromatic carbocycles. The Bertz CT molecular complexity index is 672. The van der Waals surface area contributed by atoms with Gasteiger partial charge >= 0.3 is 6.09 Å². The van der Waals surface area contributed by atoms with E-state index in [-0.39, 0.29) is 24.6 Å². The number of likely N-dealkylation sites (tertiary alicyclic amines) is 1. The number of benzene rings is 2. The van der Waals surface area contributed by atoms with E-state index in [2.05, 4.69) is 6.92 Å². The van der Waals surface area contributed by atoms with Crippen molar-refractivity contribution >= 4 is 6.09 Å². The van der Waals surface area contributed by atoms with Gasteiger partial charge in [-0.05, 0) is 42.0 Å². The zero-order chi connectivity index (χ0) is 16.9. The predicted molar refractivity (Wildman–Crippen MR) is 90.9 cm³/mol. The third-order valence-corrected chi connectivity index (χ3v) is 4.56. The number of halogens is 1. The molecule has 0 aliphatic carbocycles. The fourth-order valence-electron chi connectivity index (χ4n) is 3.16. The van der Waals surface area contributed by atoms with Crippen molar-refractivity contribution in [1.82, 2.24) is 4.90 Å². The largest absolute Gasteiger partial charge is 0.445 e. The van der Waals surface area contributed by atoms with Crippen LogP contribution in [0.5, 0.6) is 0 Å². The van der Waals surface area contributed by atoms with Crippen LogP contribution in [0.3, 0.4) is 0 Å². The molecule has 1 heterocycles. The van der Waals surface area contributed by atoms with Crippen molar-refractivity contribution < 1.29 is 13.9 Å². The molecule has 0 spiro atoms. The minimum Gasteiger partial charge on any atom is -0.445 e. The average Bonchev–Trinajstić information content (AvgIpc) is 2.61. The van der Waals surface area contributed by atoms with Crippen molar-refractivity contribution in [2.45, 2.75) is 32.4 Å². The van der Waals surface area contributed by atoms with Gasteiger partial charge in [-0.1, -0.05) is 49.4 Å². The van der Waals surface area contributed by atoms with E-state index in [1.807, 2.05) is 30.3 Å². The molecule has 1 amide bonds. The highest BCUT2D eigenvalue weighted by Crippen LogP contribution is 2.34. The Balaban J connectivity index is 1.71. The van der Waals surface area contributed by atoms with Gasteiger partial charge in [-0.3, -0.25) is 0 Å². The Morgan fingerprint density at radius 2 is 1.88 bits per heavy atom. The number of carbonyl (C=O) groups excluding carboxylic acids is 1. The maximum Gasteiger partial charge on any atom is 0.410 e. The molecule has 2 aromatic rings. The van der Waals surface area contributed by atoms with E-state index in [4.69, 9.17) is 4.74 Å². The van der Waals surface area contributed by atoms with Crippen LogP contribution in [0, 0.1) is 11.7 Å². The van der Waals surface area contributed by atoms with Gasteiger partial charge in [-0.25, -0.2) is 9.18 Å². The van der Waals surface area contributed by atoms with Gasteiger partial charge in [0.25, 0.3) is 0 Å². The third kappa shape index (κ3) is 3.94. The summed E-state index contributed by atoms with van der Waals surface area (Å²) in [6.45, 7) is 3.11. The Kier molecular flexibility index (Phi) is 5.14. The fraction of sp³-hybridized carbons (Fsp3) is 0.350. The van der Waals surface area contributed by atoms with Gasteiger partial charge in [-0.15, -0.1) is 0 Å². The lowest BCUT2D eigenvalue weighted by Crippen LogP contribution is -2.40. The van der Waals surface area contributed by atoms with E-state index in [9.17, 15) is 9.18 Å². The van der Waals surface area contributed by atoms with Crippen LogP contribution in [0.15, 0.2) is 54.6 Å². The van der Waals surface area contributed by atoms with Gasteiger partial charge in [0.15, 0.2) is 0 Å². The molecule has 1 aliphatic rings. The van der Waals surface area contributed by atoms with E-state index in [0.717, 1.165) is 24.0 Å². The first-order chi connectivity index (χ1) is 11.6. The molecule has 3 rings (SSSR count). The van der Waals surface area contributed by atoms with Crippen LogP contribution in [0.4, 0.5) is 9.18 Å². The average molecular weight is 327 g/mol.